The van der Waals surface area contributed by atoms with Crippen molar-refractivity contribution in [2.75, 3.05) is 6.61 Å². The highest BCUT2D eigenvalue weighted by Crippen LogP contribution is 2.65. The zero-order valence-electron chi connectivity index (χ0n) is 11.4. The van der Waals surface area contributed by atoms with E-state index in [1.54, 1.807) is 0 Å². The van der Waals surface area contributed by atoms with E-state index in [2.05, 4.69) is 20.8 Å². The van der Waals surface area contributed by atoms with E-state index < -0.39 is 0 Å². The summed E-state index contributed by atoms with van der Waals surface area (Å²) in [6.07, 6.45) is 2.11. The molecule has 0 radical (unpaired) electrons. The van der Waals surface area contributed by atoms with Gasteiger partial charge in [0.1, 0.15) is 0 Å². The van der Waals surface area contributed by atoms with E-state index in [1.807, 2.05) is 0 Å². The van der Waals surface area contributed by atoms with Crippen LogP contribution in [0.15, 0.2) is 11.1 Å². The van der Waals surface area contributed by atoms with Crippen molar-refractivity contribution in [1.82, 2.24) is 0 Å². The van der Waals surface area contributed by atoms with Crippen LogP contribution in [-0.4, -0.2) is 28.7 Å². The van der Waals surface area contributed by atoms with Gasteiger partial charge in [0, 0.05) is 16.9 Å². The summed E-state index contributed by atoms with van der Waals surface area (Å²) in [4.78, 5) is 12.5. The third kappa shape index (κ3) is 1.29. The number of ketones is 1. The van der Waals surface area contributed by atoms with E-state index in [4.69, 9.17) is 0 Å². The molecule has 18 heavy (non-hydrogen) atoms. The van der Waals surface area contributed by atoms with Crippen molar-refractivity contribution < 1.29 is 15.0 Å². The maximum absolute atomic E-state index is 12.5. The Kier molecular flexibility index (Phi) is 2.37. The minimum absolute atomic E-state index is 0.00542. The molecule has 0 aromatic rings. The van der Waals surface area contributed by atoms with Crippen molar-refractivity contribution >= 4 is 5.78 Å². The number of hydrogen-bond donors (Lipinski definition) is 2. The minimum Gasteiger partial charge on any atom is -0.392 e. The van der Waals surface area contributed by atoms with Gasteiger partial charge in [-0.25, -0.2) is 0 Å². The Bertz CT molecular complexity index is 449. The fraction of sp³-hybridized carbons (Fsp3) is 0.800. The highest BCUT2D eigenvalue weighted by molar-refractivity contribution is 6.00. The van der Waals surface area contributed by atoms with E-state index >= 15 is 0 Å². The standard InChI is InChI=1S/C15H22O3/c1-14(2)5-8-11(6-14)15(3)10(4-12(15)17)9(7-16)13(8)18/h8,11-12,16-17H,4-7H2,1-3H3/t8-,11+,12-,15+/m1/s1. The topological polar surface area (TPSA) is 57.5 Å². The summed E-state index contributed by atoms with van der Waals surface area (Å²) in [6, 6.07) is 0. The van der Waals surface area contributed by atoms with Gasteiger partial charge in [0.25, 0.3) is 0 Å². The Labute approximate surface area is 108 Å². The number of carbonyl (C=O) groups excluding carboxylic acids is 1. The monoisotopic (exact) mass is 250 g/mol. The summed E-state index contributed by atoms with van der Waals surface area (Å²) in [5, 5.41) is 19.7. The van der Waals surface area contributed by atoms with Crippen LogP contribution in [0.5, 0.6) is 0 Å². The summed E-state index contributed by atoms with van der Waals surface area (Å²) in [5.74, 6) is 0.410. The number of Topliss-reactive ketones (excluding diaryl/α,β-unsaturated/α-hetero) is 1. The molecule has 3 nitrogen and oxygen atoms in total. The molecule has 3 rings (SSSR count). The van der Waals surface area contributed by atoms with Gasteiger partial charge < -0.3 is 10.2 Å². The van der Waals surface area contributed by atoms with Crippen molar-refractivity contribution in [2.24, 2.45) is 22.7 Å². The third-order valence-corrected chi connectivity index (χ3v) is 5.70. The lowest BCUT2D eigenvalue weighted by Crippen LogP contribution is -2.56. The molecule has 0 aliphatic heterocycles. The van der Waals surface area contributed by atoms with Crippen LogP contribution in [0, 0.1) is 22.7 Å². The van der Waals surface area contributed by atoms with Gasteiger partial charge in [0.15, 0.2) is 5.78 Å². The average Bonchev–Trinajstić information content (AvgIpc) is 2.63. The second kappa shape index (κ2) is 3.45. The Balaban J connectivity index is 2.09. The molecule has 2 fully saturated rings. The first-order valence-corrected chi connectivity index (χ1v) is 6.87. The SMILES string of the molecule is CC1(C)C[C@H]2C(=O)C(CO)=C3C[C@@H](O)[C@]3(C)[C@H]2C1. The van der Waals surface area contributed by atoms with E-state index in [1.165, 1.54) is 0 Å². The molecule has 100 valence electrons. The summed E-state index contributed by atoms with van der Waals surface area (Å²) >= 11 is 0. The third-order valence-electron chi connectivity index (χ3n) is 5.70. The first-order chi connectivity index (χ1) is 8.31. The molecule has 0 bridgehead atoms. The van der Waals surface area contributed by atoms with Gasteiger partial charge in [-0.3, -0.25) is 4.79 Å². The lowest BCUT2D eigenvalue weighted by atomic mass is 9.49. The molecule has 4 atom stereocenters. The van der Waals surface area contributed by atoms with Crippen molar-refractivity contribution in [3.8, 4) is 0 Å². The number of aliphatic hydroxyl groups excluding tert-OH is 2. The number of aliphatic hydroxyl groups is 2. The van der Waals surface area contributed by atoms with Crippen molar-refractivity contribution in [1.29, 1.82) is 0 Å². The Morgan fingerprint density at radius 3 is 2.50 bits per heavy atom. The molecule has 0 unspecified atom stereocenters. The summed E-state index contributed by atoms with van der Waals surface area (Å²) in [7, 11) is 0. The highest BCUT2D eigenvalue weighted by Gasteiger charge is 2.63. The quantitative estimate of drug-likeness (QED) is 0.744. The molecule has 0 saturated heterocycles. The summed E-state index contributed by atoms with van der Waals surface area (Å²) in [6.45, 7) is 6.31. The van der Waals surface area contributed by atoms with Crippen LogP contribution < -0.4 is 0 Å². The van der Waals surface area contributed by atoms with E-state index in [0.717, 1.165) is 18.4 Å². The number of hydrogen-bond acceptors (Lipinski definition) is 3. The largest absolute Gasteiger partial charge is 0.392 e. The summed E-state index contributed by atoms with van der Waals surface area (Å²) in [5.41, 5.74) is 1.53. The van der Waals surface area contributed by atoms with Gasteiger partial charge in [-0.05, 0) is 36.2 Å². The number of fused-ring (bicyclic) bond motifs is 3. The van der Waals surface area contributed by atoms with Crippen molar-refractivity contribution in [3.63, 3.8) is 0 Å². The fourth-order valence-corrected chi connectivity index (χ4v) is 4.62. The first kappa shape index (κ1) is 12.4. The molecule has 0 aromatic carbocycles. The van der Waals surface area contributed by atoms with Gasteiger partial charge in [-0.2, -0.15) is 0 Å². The summed E-state index contributed by atoms with van der Waals surface area (Å²) < 4.78 is 0. The lowest BCUT2D eigenvalue weighted by molar-refractivity contribution is -0.129. The van der Waals surface area contributed by atoms with Gasteiger partial charge in [-0.15, -0.1) is 0 Å². The van der Waals surface area contributed by atoms with E-state index in [-0.39, 0.29) is 41.2 Å². The van der Waals surface area contributed by atoms with Gasteiger partial charge in [-0.1, -0.05) is 20.8 Å². The molecular formula is C15H22O3. The maximum Gasteiger partial charge on any atom is 0.164 e. The Hall–Kier alpha value is -0.670. The van der Waals surface area contributed by atoms with Crippen LogP contribution in [0.2, 0.25) is 0 Å². The van der Waals surface area contributed by atoms with Crippen molar-refractivity contribution in [3.05, 3.63) is 11.1 Å². The second-order valence-corrected chi connectivity index (χ2v) is 7.27. The van der Waals surface area contributed by atoms with Crippen LogP contribution in [0.25, 0.3) is 0 Å². The Morgan fingerprint density at radius 1 is 1.28 bits per heavy atom. The Morgan fingerprint density at radius 2 is 1.94 bits per heavy atom. The smallest absolute Gasteiger partial charge is 0.164 e. The molecule has 0 heterocycles. The predicted molar refractivity (Wildman–Crippen MR) is 67.8 cm³/mol. The molecule has 0 spiro atoms. The molecule has 3 heteroatoms. The zero-order chi connectivity index (χ0) is 13.3. The second-order valence-electron chi connectivity index (χ2n) is 7.27. The number of carbonyl (C=O) groups is 1. The minimum atomic E-state index is -0.344. The van der Waals surface area contributed by atoms with Crippen LogP contribution >= 0.6 is 0 Å². The molecule has 2 saturated carbocycles. The molecule has 0 amide bonds. The predicted octanol–water partition coefficient (Wildman–Crippen LogP) is 1.68. The first-order valence-electron chi connectivity index (χ1n) is 6.87. The van der Waals surface area contributed by atoms with Gasteiger partial charge >= 0.3 is 0 Å². The van der Waals surface area contributed by atoms with Crippen LogP contribution in [0.1, 0.15) is 40.0 Å². The van der Waals surface area contributed by atoms with Crippen LogP contribution in [0.3, 0.4) is 0 Å². The normalized spacial score (nSPS) is 45.6. The molecular weight excluding hydrogens is 228 g/mol. The average molecular weight is 250 g/mol. The van der Waals surface area contributed by atoms with E-state index in [9.17, 15) is 15.0 Å². The highest BCUT2D eigenvalue weighted by atomic mass is 16.3. The molecule has 2 N–H and O–H groups in total. The van der Waals surface area contributed by atoms with Crippen LogP contribution in [-0.2, 0) is 4.79 Å². The molecule has 3 aliphatic rings. The van der Waals surface area contributed by atoms with Gasteiger partial charge in [0.05, 0.1) is 12.7 Å². The zero-order valence-corrected chi connectivity index (χ0v) is 11.4. The van der Waals surface area contributed by atoms with Crippen molar-refractivity contribution in [2.45, 2.75) is 46.1 Å². The maximum atomic E-state index is 12.5. The van der Waals surface area contributed by atoms with E-state index in [0.29, 0.717) is 12.0 Å². The molecule has 3 aliphatic carbocycles. The van der Waals surface area contributed by atoms with Crippen LogP contribution in [0.4, 0.5) is 0 Å². The lowest BCUT2D eigenvalue weighted by Gasteiger charge is -2.56. The fourth-order valence-electron chi connectivity index (χ4n) is 4.62. The molecule has 0 aromatic heterocycles. The van der Waals surface area contributed by atoms with Gasteiger partial charge in [0.2, 0.25) is 0 Å². The number of rotatable bonds is 1.